The maximum atomic E-state index is 12.9. The van der Waals surface area contributed by atoms with Crippen molar-refractivity contribution >= 4 is 61.0 Å². The Labute approximate surface area is 156 Å². The zero-order valence-electron chi connectivity index (χ0n) is 12.9. The lowest BCUT2D eigenvalue weighted by Crippen LogP contribution is -2.37. The number of carbonyl (C=O) groups excluding carboxylic acids is 3. The summed E-state index contributed by atoms with van der Waals surface area (Å²) < 4.78 is 0. The van der Waals surface area contributed by atoms with Crippen molar-refractivity contribution in [2.45, 2.75) is 23.0 Å². The van der Waals surface area contributed by atoms with Gasteiger partial charge in [-0.15, -0.1) is 0 Å². The number of imide groups is 1. The van der Waals surface area contributed by atoms with E-state index in [-0.39, 0.29) is 51.0 Å². The summed E-state index contributed by atoms with van der Waals surface area (Å²) in [7, 11) is 0. The number of halogens is 2. The number of hydrogen-bond acceptors (Lipinski definition) is 3. The average Bonchev–Trinajstić information content (AvgIpc) is 3.13. The standard InChI is InChI=1S/C17H16Br2N2O3/c1-7(22)20-8-2-4-9(5-3-8)21-16(23)12-10-6-11(13(12)17(21)24)15(19)14(10)18/h2-5,10-15H,6H2,1H3,(H,20,22)/t10-,11+,12+,13-,14-,15+. The van der Waals surface area contributed by atoms with Crippen molar-refractivity contribution in [2.24, 2.45) is 23.7 Å². The number of amides is 3. The van der Waals surface area contributed by atoms with E-state index in [1.165, 1.54) is 11.8 Å². The molecule has 1 N–H and O–H groups in total. The minimum absolute atomic E-state index is 0.0892. The van der Waals surface area contributed by atoms with E-state index in [1.54, 1.807) is 24.3 Å². The van der Waals surface area contributed by atoms with Gasteiger partial charge in [-0.25, -0.2) is 0 Å². The molecule has 1 aromatic carbocycles. The largest absolute Gasteiger partial charge is 0.326 e. The number of rotatable bonds is 2. The molecule has 3 amide bonds. The van der Waals surface area contributed by atoms with Crippen LogP contribution in [0.25, 0.3) is 0 Å². The van der Waals surface area contributed by atoms with Gasteiger partial charge >= 0.3 is 0 Å². The molecule has 24 heavy (non-hydrogen) atoms. The van der Waals surface area contributed by atoms with Crippen molar-refractivity contribution < 1.29 is 14.4 Å². The zero-order chi connectivity index (χ0) is 17.2. The molecule has 3 aliphatic rings. The summed E-state index contributed by atoms with van der Waals surface area (Å²) in [5.74, 6) is -0.337. The van der Waals surface area contributed by atoms with E-state index in [0.717, 1.165) is 6.42 Å². The van der Waals surface area contributed by atoms with Crippen LogP contribution in [-0.4, -0.2) is 27.4 Å². The van der Waals surface area contributed by atoms with Gasteiger partial charge in [0.15, 0.2) is 0 Å². The molecular weight excluding hydrogens is 440 g/mol. The van der Waals surface area contributed by atoms with Crippen molar-refractivity contribution in [3.05, 3.63) is 24.3 Å². The number of nitrogens with one attached hydrogen (secondary N) is 1. The van der Waals surface area contributed by atoms with Gasteiger partial charge in [0.1, 0.15) is 0 Å². The van der Waals surface area contributed by atoms with Gasteiger partial charge in [0.2, 0.25) is 17.7 Å². The van der Waals surface area contributed by atoms with Crippen LogP contribution in [-0.2, 0) is 14.4 Å². The lowest BCUT2D eigenvalue weighted by molar-refractivity contribution is -0.123. The van der Waals surface area contributed by atoms with Crippen LogP contribution >= 0.6 is 31.9 Å². The smallest absolute Gasteiger partial charge is 0.238 e. The van der Waals surface area contributed by atoms with E-state index >= 15 is 0 Å². The van der Waals surface area contributed by atoms with Crippen LogP contribution in [0.5, 0.6) is 0 Å². The minimum atomic E-state index is -0.212. The predicted octanol–water partition coefficient (Wildman–Crippen LogP) is 2.93. The van der Waals surface area contributed by atoms with Gasteiger partial charge in [0.05, 0.1) is 17.5 Å². The Bertz CT molecular complexity index is 704. The van der Waals surface area contributed by atoms with Crippen LogP contribution in [0.4, 0.5) is 11.4 Å². The van der Waals surface area contributed by atoms with Gasteiger partial charge in [-0.3, -0.25) is 19.3 Å². The summed E-state index contributed by atoms with van der Waals surface area (Å²) in [4.78, 5) is 38.7. The van der Waals surface area contributed by atoms with Crippen LogP contribution in [0.2, 0.25) is 0 Å². The van der Waals surface area contributed by atoms with Crippen molar-refractivity contribution in [3.63, 3.8) is 0 Å². The first-order valence-corrected chi connectivity index (χ1v) is 9.77. The minimum Gasteiger partial charge on any atom is -0.326 e. The molecule has 0 radical (unpaired) electrons. The van der Waals surface area contributed by atoms with Gasteiger partial charge in [-0.1, -0.05) is 31.9 Å². The van der Waals surface area contributed by atoms with E-state index in [1.807, 2.05) is 0 Å². The molecule has 2 bridgehead atoms. The number of benzene rings is 1. The summed E-state index contributed by atoms with van der Waals surface area (Å²) in [6.07, 6.45) is 0.925. The molecule has 6 atom stereocenters. The number of carbonyl (C=O) groups is 3. The summed E-state index contributed by atoms with van der Waals surface area (Å²) >= 11 is 7.37. The molecule has 3 fully saturated rings. The fourth-order valence-corrected chi connectivity index (χ4v) is 6.37. The predicted molar refractivity (Wildman–Crippen MR) is 97.2 cm³/mol. The first-order valence-electron chi connectivity index (χ1n) is 7.93. The molecule has 0 aromatic heterocycles. The third-order valence-corrected chi connectivity index (χ3v) is 8.64. The van der Waals surface area contributed by atoms with Gasteiger partial charge in [0, 0.05) is 22.3 Å². The lowest BCUT2D eigenvalue weighted by Gasteiger charge is -2.28. The Morgan fingerprint density at radius 2 is 1.54 bits per heavy atom. The Kier molecular flexibility index (Phi) is 3.84. The fourth-order valence-electron chi connectivity index (χ4n) is 4.50. The van der Waals surface area contributed by atoms with E-state index in [0.29, 0.717) is 11.4 Å². The third kappa shape index (κ3) is 2.20. The second-order valence-electron chi connectivity index (χ2n) is 6.74. The van der Waals surface area contributed by atoms with Gasteiger partial charge in [0.25, 0.3) is 0 Å². The number of alkyl halides is 2. The lowest BCUT2D eigenvalue weighted by atomic mass is 9.81. The maximum Gasteiger partial charge on any atom is 0.238 e. The molecule has 2 aliphatic carbocycles. The highest BCUT2D eigenvalue weighted by Gasteiger charge is 2.66. The van der Waals surface area contributed by atoms with Crippen LogP contribution in [0.15, 0.2) is 24.3 Å². The molecule has 1 heterocycles. The first kappa shape index (κ1) is 16.3. The Morgan fingerprint density at radius 1 is 1.04 bits per heavy atom. The van der Waals surface area contributed by atoms with Gasteiger partial charge < -0.3 is 5.32 Å². The average molecular weight is 456 g/mol. The summed E-state index contributed by atoms with van der Waals surface area (Å²) in [5.41, 5.74) is 1.22. The second kappa shape index (κ2) is 5.66. The highest BCUT2D eigenvalue weighted by Crippen LogP contribution is 2.60. The SMILES string of the molecule is CC(=O)Nc1ccc(N2C(=O)[C@@H]3[C@@H]4C[C@@H]([C@@H](Br)[C@H]4Br)[C@@H]3C2=O)cc1. The molecule has 7 heteroatoms. The van der Waals surface area contributed by atoms with Crippen molar-refractivity contribution in [1.29, 1.82) is 0 Å². The molecule has 5 nitrogen and oxygen atoms in total. The van der Waals surface area contributed by atoms with Crippen molar-refractivity contribution in [3.8, 4) is 0 Å². The summed E-state index contributed by atoms with van der Waals surface area (Å²) in [6, 6.07) is 6.84. The number of nitrogens with zero attached hydrogens (tertiary/aromatic N) is 1. The Balaban J connectivity index is 1.63. The van der Waals surface area contributed by atoms with E-state index < -0.39 is 0 Å². The maximum absolute atomic E-state index is 12.9. The third-order valence-electron chi connectivity index (χ3n) is 5.43. The van der Waals surface area contributed by atoms with Crippen LogP contribution in [0.3, 0.4) is 0 Å². The van der Waals surface area contributed by atoms with E-state index in [9.17, 15) is 14.4 Å². The van der Waals surface area contributed by atoms with Crippen molar-refractivity contribution in [1.82, 2.24) is 0 Å². The monoisotopic (exact) mass is 454 g/mol. The summed E-state index contributed by atoms with van der Waals surface area (Å²) in [5, 5.41) is 2.68. The molecule has 1 aromatic rings. The molecule has 2 saturated carbocycles. The highest BCUT2D eigenvalue weighted by atomic mass is 79.9. The van der Waals surface area contributed by atoms with E-state index in [4.69, 9.17) is 0 Å². The normalized spacial score (nSPS) is 37.0. The van der Waals surface area contributed by atoms with Crippen molar-refractivity contribution in [2.75, 3.05) is 10.2 Å². The molecule has 1 saturated heterocycles. The quantitative estimate of drug-likeness (QED) is 0.550. The molecule has 0 unspecified atom stereocenters. The van der Waals surface area contributed by atoms with Crippen LogP contribution in [0.1, 0.15) is 13.3 Å². The number of hydrogen-bond donors (Lipinski definition) is 1. The van der Waals surface area contributed by atoms with Crippen LogP contribution in [0, 0.1) is 23.7 Å². The Morgan fingerprint density at radius 3 is 2.00 bits per heavy atom. The molecule has 0 spiro atoms. The van der Waals surface area contributed by atoms with Gasteiger partial charge in [-0.2, -0.15) is 0 Å². The molecule has 126 valence electrons. The second-order valence-corrected chi connectivity index (χ2v) is 8.86. The molecule has 1 aliphatic heterocycles. The first-order chi connectivity index (χ1) is 11.4. The van der Waals surface area contributed by atoms with E-state index in [2.05, 4.69) is 37.2 Å². The topological polar surface area (TPSA) is 66.5 Å². The zero-order valence-corrected chi connectivity index (χ0v) is 16.1. The molecule has 4 rings (SSSR count). The highest BCUT2D eigenvalue weighted by molar-refractivity contribution is 9.12. The van der Waals surface area contributed by atoms with Gasteiger partial charge in [-0.05, 0) is 42.5 Å². The number of anilines is 2. The fraction of sp³-hybridized carbons (Fsp3) is 0.471. The summed E-state index contributed by atoms with van der Waals surface area (Å²) in [6.45, 7) is 1.44. The molecular formula is C17H16Br2N2O3. The Hall–Kier alpha value is -1.21. The number of fused-ring (bicyclic) bond motifs is 5. The van der Waals surface area contributed by atoms with Crippen LogP contribution < -0.4 is 10.2 Å².